The molecule has 2 aromatic carbocycles. The van der Waals surface area contributed by atoms with E-state index in [-0.39, 0.29) is 4.90 Å². The number of sulfone groups is 1. The fourth-order valence-corrected chi connectivity index (χ4v) is 2.95. The first-order chi connectivity index (χ1) is 11.8. The van der Waals surface area contributed by atoms with Crippen LogP contribution in [0.1, 0.15) is 0 Å². The van der Waals surface area contributed by atoms with Crippen molar-refractivity contribution in [2.24, 2.45) is 0 Å². The number of pyridine rings is 1. The van der Waals surface area contributed by atoms with Gasteiger partial charge in [0.05, 0.1) is 4.90 Å². The third-order valence-corrected chi connectivity index (χ3v) is 4.60. The molecule has 0 atom stereocenters. The van der Waals surface area contributed by atoms with E-state index in [4.69, 9.17) is 10.5 Å². The summed E-state index contributed by atoms with van der Waals surface area (Å²) in [6.45, 7) is 0. The van der Waals surface area contributed by atoms with E-state index in [9.17, 15) is 12.8 Å². The van der Waals surface area contributed by atoms with E-state index in [1.165, 1.54) is 24.4 Å². The second-order valence-corrected chi connectivity index (χ2v) is 7.52. The molecule has 5 nitrogen and oxygen atoms in total. The summed E-state index contributed by atoms with van der Waals surface area (Å²) in [4.78, 5) is 3.74. The molecular weight excluding hydrogens is 343 g/mol. The minimum atomic E-state index is -3.26. The van der Waals surface area contributed by atoms with E-state index in [1.54, 1.807) is 36.4 Å². The number of anilines is 1. The van der Waals surface area contributed by atoms with Crippen LogP contribution >= 0.6 is 0 Å². The van der Waals surface area contributed by atoms with Crippen LogP contribution in [-0.2, 0) is 9.84 Å². The zero-order chi connectivity index (χ0) is 18.0. The van der Waals surface area contributed by atoms with E-state index in [1.807, 2.05) is 0 Å². The second kappa shape index (κ2) is 6.52. The standard InChI is InChI=1S/C18H15FN2O3S/c1-25(22,23)17-4-2-15(3-5-17)24-16-9-13(8-14(20)11-16)12-6-7-21-18(19)10-12/h2-11H,20H2,1H3. The zero-order valence-corrected chi connectivity index (χ0v) is 14.1. The number of ether oxygens (including phenoxy) is 1. The summed E-state index contributed by atoms with van der Waals surface area (Å²) < 4.78 is 42.0. The van der Waals surface area contributed by atoms with Gasteiger partial charge in [-0.05, 0) is 53.6 Å². The molecule has 3 rings (SSSR count). The molecule has 0 saturated heterocycles. The Hall–Kier alpha value is -2.93. The highest BCUT2D eigenvalue weighted by atomic mass is 32.2. The molecule has 2 N–H and O–H groups in total. The lowest BCUT2D eigenvalue weighted by Crippen LogP contribution is -1.96. The Morgan fingerprint density at radius 1 is 0.960 bits per heavy atom. The number of rotatable bonds is 4. The van der Waals surface area contributed by atoms with Crippen molar-refractivity contribution in [3.8, 4) is 22.6 Å². The smallest absolute Gasteiger partial charge is 0.213 e. The van der Waals surface area contributed by atoms with Crippen LogP contribution in [0.5, 0.6) is 11.5 Å². The summed E-state index contributed by atoms with van der Waals surface area (Å²) in [5.41, 5.74) is 7.66. The molecule has 0 aliphatic heterocycles. The number of nitrogen functional groups attached to an aromatic ring is 1. The maximum atomic E-state index is 13.3. The van der Waals surface area contributed by atoms with Crippen molar-refractivity contribution in [2.45, 2.75) is 4.90 Å². The average Bonchev–Trinajstić information content (AvgIpc) is 2.54. The SMILES string of the molecule is CS(=O)(=O)c1ccc(Oc2cc(N)cc(-c3ccnc(F)c3)c2)cc1. The van der Waals surface area contributed by atoms with E-state index in [2.05, 4.69) is 4.98 Å². The van der Waals surface area contributed by atoms with Crippen LogP contribution < -0.4 is 10.5 Å². The molecule has 7 heteroatoms. The van der Waals surface area contributed by atoms with Crippen molar-refractivity contribution in [3.05, 3.63) is 66.7 Å². The van der Waals surface area contributed by atoms with Gasteiger partial charge in [-0.1, -0.05) is 0 Å². The number of benzene rings is 2. The summed E-state index contributed by atoms with van der Waals surface area (Å²) in [5, 5.41) is 0. The van der Waals surface area contributed by atoms with Crippen molar-refractivity contribution in [1.82, 2.24) is 4.98 Å². The van der Waals surface area contributed by atoms with Crippen molar-refractivity contribution < 1.29 is 17.5 Å². The highest BCUT2D eigenvalue weighted by Gasteiger charge is 2.08. The van der Waals surface area contributed by atoms with E-state index in [0.29, 0.717) is 28.3 Å². The fourth-order valence-electron chi connectivity index (χ4n) is 2.32. The molecule has 1 aromatic heterocycles. The number of hydrogen-bond acceptors (Lipinski definition) is 5. The molecule has 25 heavy (non-hydrogen) atoms. The third kappa shape index (κ3) is 4.13. The minimum Gasteiger partial charge on any atom is -0.457 e. The lowest BCUT2D eigenvalue weighted by Gasteiger charge is -2.10. The molecule has 128 valence electrons. The van der Waals surface area contributed by atoms with Gasteiger partial charge in [-0.2, -0.15) is 4.39 Å². The predicted octanol–water partition coefficient (Wildman–Crippen LogP) is 3.67. The Morgan fingerprint density at radius 3 is 2.32 bits per heavy atom. The number of halogens is 1. The fraction of sp³-hybridized carbons (Fsp3) is 0.0556. The monoisotopic (exact) mass is 358 g/mol. The zero-order valence-electron chi connectivity index (χ0n) is 13.3. The lowest BCUT2D eigenvalue weighted by molar-refractivity contribution is 0.482. The topological polar surface area (TPSA) is 82.3 Å². The van der Waals surface area contributed by atoms with Gasteiger partial charge < -0.3 is 10.5 Å². The van der Waals surface area contributed by atoms with E-state index in [0.717, 1.165) is 6.26 Å². The van der Waals surface area contributed by atoms with Gasteiger partial charge in [-0.15, -0.1) is 0 Å². The number of aromatic nitrogens is 1. The van der Waals surface area contributed by atoms with Crippen LogP contribution in [0.2, 0.25) is 0 Å². The minimum absolute atomic E-state index is 0.209. The third-order valence-electron chi connectivity index (χ3n) is 3.48. The van der Waals surface area contributed by atoms with Crippen LogP contribution in [0.3, 0.4) is 0 Å². The van der Waals surface area contributed by atoms with Crippen LogP contribution in [-0.4, -0.2) is 19.7 Å². The lowest BCUT2D eigenvalue weighted by atomic mass is 10.1. The number of nitrogens with two attached hydrogens (primary N) is 1. The highest BCUT2D eigenvalue weighted by molar-refractivity contribution is 7.90. The first kappa shape index (κ1) is 16.9. The molecule has 0 saturated carbocycles. The van der Waals surface area contributed by atoms with Gasteiger partial charge in [-0.25, -0.2) is 13.4 Å². The Kier molecular flexibility index (Phi) is 4.41. The highest BCUT2D eigenvalue weighted by Crippen LogP contribution is 2.30. The largest absolute Gasteiger partial charge is 0.457 e. The predicted molar refractivity (Wildman–Crippen MR) is 93.7 cm³/mol. The second-order valence-electron chi connectivity index (χ2n) is 5.50. The normalized spacial score (nSPS) is 11.3. The van der Waals surface area contributed by atoms with E-state index >= 15 is 0 Å². The van der Waals surface area contributed by atoms with Gasteiger partial charge >= 0.3 is 0 Å². The summed E-state index contributed by atoms with van der Waals surface area (Å²) in [5.74, 6) is 0.336. The van der Waals surface area contributed by atoms with Crippen molar-refractivity contribution >= 4 is 15.5 Å². The summed E-state index contributed by atoms with van der Waals surface area (Å²) in [6.07, 6.45) is 2.51. The molecule has 0 aliphatic carbocycles. The Morgan fingerprint density at radius 2 is 1.68 bits per heavy atom. The van der Waals surface area contributed by atoms with Gasteiger partial charge in [0.15, 0.2) is 9.84 Å². The van der Waals surface area contributed by atoms with Gasteiger partial charge in [-0.3, -0.25) is 0 Å². The Balaban J connectivity index is 1.91. The van der Waals surface area contributed by atoms with Crippen molar-refractivity contribution in [3.63, 3.8) is 0 Å². The van der Waals surface area contributed by atoms with Crippen LogP contribution in [0, 0.1) is 5.95 Å². The molecule has 0 radical (unpaired) electrons. The molecule has 0 spiro atoms. The average molecular weight is 358 g/mol. The van der Waals surface area contributed by atoms with Crippen LogP contribution in [0.15, 0.2) is 65.7 Å². The molecule has 3 aromatic rings. The molecule has 0 aliphatic rings. The maximum Gasteiger partial charge on any atom is 0.213 e. The Labute approximate surface area is 144 Å². The first-order valence-electron chi connectivity index (χ1n) is 7.32. The van der Waals surface area contributed by atoms with Crippen LogP contribution in [0.4, 0.5) is 10.1 Å². The molecular formula is C18H15FN2O3S. The van der Waals surface area contributed by atoms with Crippen molar-refractivity contribution in [1.29, 1.82) is 0 Å². The van der Waals surface area contributed by atoms with Gasteiger partial charge in [0.1, 0.15) is 11.5 Å². The number of hydrogen-bond donors (Lipinski definition) is 1. The molecule has 0 fully saturated rings. The van der Waals surface area contributed by atoms with Gasteiger partial charge in [0, 0.05) is 30.3 Å². The maximum absolute atomic E-state index is 13.3. The van der Waals surface area contributed by atoms with E-state index < -0.39 is 15.8 Å². The molecule has 0 unspecified atom stereocenters. The molecule has 0 amide bonds. The van der Waals surface area contributed by atoms with Gasteiger partial charge in [0.2, 0.25) is 5.95 Å². The summed E-state index contributed by atoms with van der Waals surface area (Å²) >= 11 is 0. The quantitative estimate of drug-likeness (QED) is 0.568. The first-order valence-corrected chi connectivity index (χ1v) is 9.21. The summed E-state index contributed by atoms with van der Waals surface area (Å²) in [6, 6.07) is 14.1. The molecule has 0 bridgehead atoms. The van der Waals surface area contributed by atoms with Crippen molar-refractivity contribution in [2.75, 3.05) is 12.0 Å². The van der Waals surface area contributed by atoms with Crippen LogP contribution in [0.25, 0.3) is 11.1 Å². The summed E-state index contributed by atoms with van der Waals surface area (Å²) in [7, 11) is -3.26. The van der Waals surface area contributed by atoms with Gasteiger partial charge in [0.25, 0.3) is 0 Å². The Bertz CT molecular complexity index is 1020. The molecule has 1 heterocycles. The number of nitrogens with zero attached hydrogens (tertiary/aromatic N) is 1.